The zero-order chi connectivity index (χ0) is 19.1. The van der Waals surface area contributed by atoms with E-state index in [0.717, 1.165) is 28.4 Å². The Kier molecular flexibility index (Phi) is 4.92. The molecule has 0 aliphatic carbocycles. The smallest absolute Gasteiger partial charge is 0.336 e. The van der Waals surface area contributed by atoms with Crippen LogP contribution in [0.15, 0.2) is 29.1 Å². The van der Waals surface area contributed by atoms with E-state index in [1.165, 1.54) is 22.0 Å². The molecule has 3 aromatic rings. The van der Waals surface area contributed by atoms with Gasteiger partial charge in [-0.15, -0.1) is 11.3 Å². The molecular formula is C18H15Cl2FN2O3S. The summed E-state index contributed by atoms with van der Waals surface area (Å²) in [6.07, 6.45) is 2.29. The number of hydrogen-bond acceptors (Lipinski definition) is 4. The summed E-state index contributed by atoms with van der Waals surface area (Å²) in [5.74, 6) is -0.739. The molecule has 0 saturated heterocycles. The van der Waals surface area contributed by atoms with Gasteiger partial charge in [-0.1, -0.05) is 23.2 Å². The van der Waals surface area contributed by atoms with Gasteiger partial charge in [-0.05, 0) is 37.5 Å². The summed E-state index contributed by atoms with van der Waals surface area (Å²) in [5.41, 5.74) is -0.0429. The highest BCUT2D eigenvalue weighted by atomic mass is 35.5. The Morgan fingerprint density at radius 3 is 2.78 bits per heavy atom. The van der Waals surface area contributed by atoms with Crippen LogP contribution in [-0.2, 0) is 19.6 Å². The summed E-state index contributed by atoms with van der Waals surface area (Å²) in [7, 11) is 0. The van der Waals surface area contributed by atoms with Gasteiger partial charge < -0.3 is 9.84 Å². The van der Waals surface area contributed by atoms with Gasteiger partial charge in [-0.2, -0.15) is 0 Å². The Labute approximate surface area is 168 Å². The van der Waals surface area contributed by atoms with Crippen molar-refractivity contribution in [3.8, 4) is 17.3 Å². The number of ether oxygens (including phenoxy) is 1. The van der Waals surface area contributed by atoms with Crippen LogP contribution in [0, 0.1) is 5.82 Å². The first kappa shape index (κ1) is 18.4. The molecule has 1 aliphatic rings. The number of fused-ring (bicyclic) bond motifs is 1. The van der Waals surface area contributed by atoms with E-state index in [4.69, 9.17) is 27.9 Å². The van der Waals surface area contributed by atoms with E-state index >= 15 is 0 Å². The number of aromatic hydroxyl groups is 1. The molecule has 0 spiro atoms. The number of aromatic nitrogens is 2. The van der Waals surface area contributed by atoms with Gasteiger partial charge in [0, 0.05) is 17.5 Å². The minimum Gasteiger partial charge on any atom is -0.493 e. The second kappa shape index (κ2) is 7.22. The normalized spacial score (nSPS) is 13.6. The van der Waals surface area contributed by atoms with Gasteiger partial charge in [0.15, 0.2) is 0 Å². The van der Waals surface area contributed by atoms with Gasteiger partial charge in [0.25, 0.3) is 0 Å². The first-order chi connectivity index (χ1) is 13.0. The van der Waals surface area contributed by atoms with E-state index in [0.29, 0.717) is 23.0 Å². The summed E-state index contributed by atoms with van der Waals surface area (Å²) in [6, 6.07) is 5.99. The maximum absolute atomic E-state index is 14.6. The van der Waals surface area contributed by atoms with Crippen LogP contribution in [-0.4, -0.2) is 14.2 Å². The predicted molar refractivity (Wildman–Crippen MR) is 103 cm³/mol. The van der Waals surface area contributed by atoms with Crippen LogP contribution in [0.2, 0.25) is 9.36 Å². The summed E-state index contributed by atoms with van der Waals surface area (Å²) in [5, 5.41) is 10.6. The quantitative estimate of drug-likeness (QED) is 0.650. The molecule has 142 valence electrons. The highest BCUT2D eigenvalue weighted by Gasteiger charge is 2.25. The predicted octanol–water partition coefficient (Wildman–Crippen LogP) is 4.77. The number of imidazole rings is 1. The molecule has 3 heterocycles. The minimum absolute atomic E-state index is 0.0791. The molecule has 0 saturated carbocycles. The number of thiophene rings is 1. The molecule has 1 aromatic carbocycles. The number of benzene rings is 1. The minimum atomic E-state index is -0.716. The van der Waals surface area contributed by atoms with Crippen molar-refractivity contribution in [3.63, 3.8) is 0 Å². The summed E-state index contributed by atoms with van der Waals surface area (Å²) in [6.45, 7) is 0.710. The average molecular weight is 429 g/mol. The van der Waals surface area contributed by atoms with Gasteiger partial charge in [0.05, 0.1) is 20.7 Å². The van der Waals surface area contributed by atoms with E-state index < -0.39 is 11.5 Å². The molecule has 27 heavy (non-hydrogen) atoms. The molecule has 1 N–H and O–H groups in total. The van der Waals surface area contributed by atoms with E-state index in [2.05, 4.69) is 0 Å². The fraction of sp³-hybridized carbons (Fsp3) is 0.278. The molecule has 0 radical (unpaired) electrons. The van der Waals surface area contributed by atoms with Crippen LogP contribution in [0.4, 0.5) is 4.39 Å². The van der Waals surface area contributed by atoms with Crippen molar-refractivity contribution in [1.29, 1.82) is 0 Å². The molecular weight excluding hydrogens is 414 g/mol. The largest absolute Gasteiger partial charge is 0.493 e. The number of halogens is 3. The molecule has 4 rings (SSSR count). The third kappa shape index (κ3) is 3.35. The highest BCUT2D eigenvalue weighted by Crippen LogP contribution is 2.33. The monoisotopic (exact) mass is 428 g/mol. The van der Waals surface area contributed by atoms with Crippen LogP contribution in [0.1, 0.15) is 23.4 Å². The van der Waals surface area contributed by atoms with Crippen molar-refractivity contribution in [2.45, 2.75) is 32.4 Å². The van der Waals surface area contributed by atoms with Crippen molar-refractivity contribution in [2.75, 3.05) is 0 Å². The Morgan fingerprint density at radius 1 is 1.26 bits per heavy atom. The highest BCUT2D eigenvalue weighted by molar-refractivity contribution is 7.16. The summed E-state index contributed by atoms with van der Waals surface area (Å²) >= 11 is 13.4. The lowest BCUT2D eigenvalue weighted by atomic mass is 10.1. The van der Waals surface area contributed by atoms with Gasteiger partial charge in [0.1, 0.15) is 18.2 Å². The van der Waals surface area contributed by atoms with Gasteiger partial charge in [-0.3, -0.25) is 4.57 Å². The Hall–Kier alpha value is -1.96. The third-order valence-corrected chi connectivity index (χ3v) is 6.00. The molecule has 0 unspecified atom stereocenters. The molecule has 0 amide bonds. The second-order valence-electron chi connectivity index (χ2n) is 6.23. The van der Waals surface area contributed by atoms with Gasteiger partial charge in [-0.25, -0.2) is 13.8 Å². The standard InChI is InChI=1S/C18H15Cl2FN2O3S/c19-11-7-12(21)14(8-15(11)26-9-10-4-5-16(20)27-10)23-17(24)13-3-1-2-6-22(13)18(23)25/h4-5,7-8,24H,1-3,6,9H2. The molecule has 2 aromatic heterocycles. The first-order valence-corrected chi connectivity index (χ1v) is 9.92. The zero-order valence-electron chi connectivity index (χ0n) is 14.0. The van der Waals surface area contributed by atoms with Gasteiger partial charge in [0.2, 0.25) is 5.88 Å². The lowest BCUT2D eigenvalue weighted by molar-refractivity contribution is 0.309. The fourth-order valence-corrected chi connectivity index (χ4v) is 4.42. The van der Waals surface area contributed by atoms with Crippen LogP contribution in [0.25, 0.3) is 5.69 Å². The van der Waals surface area contributed by atoms with Crippen molar-refractivity contribution in [1.82, 2.24) is 9.13 Å². The maximum atomic E-state index is 14.6. The van der Waals surface area contributed by atoms with Crippen molar-refractivity contribution < 1.29 is 14.2 Å². The lowest BCUT2D eigenvalue weighted by Gasteiger charge is -2.12. The first-order valence-electron chi connectivity index (χ1n) is 8.35. The van der Waals surface area contributed by atoms with Crippen molar-refractivity contribution in [3.05, 3.63) is 60.5 Å². The Bertz CT molecular complexity index is 1070. The molecule has 0 atom stereocenters. The lowest BCUT2D eigenvalue weighted by Crippen LogP contribution is -2.26. The maximum Gasteiger partial charge on any atom is 0.336 e. The molecule has 9 heteroatoms. The average Bonchev–Trinajstić information content (AvgIpc) is 3.17. The van der Waals surface area contributed by atoms with Crippen molar-refractivity contribution >= 4 is 34.5 Å². The summed E-state index contributed by atoms with van der Waals surface area (Å²) in [4.78, 5) is 13.6. The topological polar surface area (TPSA) is 56.4 Å². The Balaban J connectivity index is 1.73. The third-order valence-electron chi connectivity index (χ3n) is 4.50. The van der Waals surface area contributed by atoms with Crippen LogP contribution >= 0.6 is 34.5 Å². The van der Waals surface area contributed by atoms with Crippen LogP contribution < -0.4 is 10.4 Å². The fourth-order valence-electron chi connectivity index (χ4n) is 3.21. The van der Waals surface area contributed by atoms with E-state index in [1.54, 1.807) is 6.07 Å². The van der Waals surface area contributed by atoms with E-state index in [1.807, 2.05) is 6.07 Å². The van der Waals surface area contributed by atoms with Crippen LogP contribution in [0.5, 0.6) is 11.6 Å². The Morgan fingerprint density at radius 2 is 2.07 bits per heavy atom. The molecule has 5 nitrogen and oxygen atoms in total. The van der Waals surface area contributed by atoms with E-state index in [9.17, 15) is 14.3 Å². The van der Waals surface area contributed by atoms with Gasteiger partial charge >= 0.3 is 5.69 Å². The number of hydrogen-bond donors (Lipinski definition) is 1. The SMILES string of the molecule is O=c1n2c(c(O)n1-c1cc(OCc3ccc(Cl)s3)c(Cl)cc1F)CCCC2. The second-order valence-corrected chi connectivity index (χ2v) is 8.43. The summed E-state index contributed by atoms with van der Waals surface area (Å²) < 4.78 is 23.4. The van der Waals surface area contributed by atoms with E-state index in [-0.39, 0.29) is 28.9 Å². The molecule has 0 fully saturated rings. The number of nitrogens with zero attached hydrogens (tertiary/aromatic N) is 2. The number of rotatable bonds is 4. The van der Waals surface area contributed by atoms with Crippen LogP contribution in [0.3, 0.4) is 0 Å². The molecule has 0 bridgehead atoms. The molecule has 1 aliphatic heterocycles. The zero-order valence-corrected chi connectivity index (χ0v) is 16.4. The van der Waals surface area contributed by atoms with Crippen molar-refractivity contribution in [2.24, 2.45) is 0 Å².